The third-order valence-electron chi connectivity index (χ3n) is 4.19. The lowest BCUT2D eigenvalue weighted by molar-refractivity contribution is -0.133. The van der Waals surface area contributed by atoms with E-state index in [1.54, 1.807) is 0 Å². The summed E-state index contributed by atoms with van der Waals surface area (Å²) < 4.78 is 5.96. The molecule has 0 unspecified atom stereocenters. The highest BCUT2D eigenvalue weighted by atomic mass is 16.5. The van der Waals surface area contributed by atoms with Crippen LogP contribution in [-0.2, 0) is 4.79 Å². The monoisotopic (exact) mass is 304 g/mol. The number of rotatable bonds is 8. The Morgan fingerprint density at radius 2 is 1.77 bits per heavy atom. The second-order valence-electron chi connectivity index (χ2n) is 5.96. The van der Waals surface area contributed by atoms with E-state index in [0.717, 1.165) is 63.9 Å². The average molecular weight is 304 g/mol. The maximum atomic E-state index is 12.2. The quantitative estimate of drug-likeness (QED) is 0.751. The first kappa shape index (κ1) is 16.8. The van der Waals surface area contributed by atoms with Crippen LogP contribution in [0.25, 0.3) is 0 Å². The topological polar surface area (TPSA) is 55.6 Å². The summed E-state index contributed by atoms with van der Waals surface area (Å²) in [6, 6.07) is 9.93. The molecule has 4 heteroatoms. The summed E-state index contributed by atoms with van der Waals surface area (Å²) in [4.78, 5) is 14.2. The summed E-state index contributed by atoms with van der Waals surface area (Å²) in [5.41, 5.74) is 5.47. The molecule has 0 aromatic heterocycles. The molecule has 1 saturated heterocycles. The Bertz CT molecular complexity index is 428. The first-order valence-electron chi connectivity index (χ1n) is 8.49. The predicted molar refractivity (Wildman–Crippen MR) is 88.8 cm³/mol. The molecule has 1 aliphatic rings. The molecule has 0 spiro atoms. The number of nitrogens with zero attached hydrogens (tertiary/aromatic N) is 1. The molecule has 122 valence electrons. The van der Waals surface area contributed by atoms with Crippen LogP contribution in [0.2, 0.25) is 0 Å². The number of benzene rings is 1. The zero-order valence-corrected chi connectivity index (χ0v) is 13.4. The maximum absolute atomic E-state index is 12.2. The molecule has 1 aliphatic heterocycles. The van der Waals surface area contributed by atoms with E-state index in [1.807, 2.05) is 35.2 Å². The van der Waals surface area contributed by atoms with Gasteiger partial charge in [-0.25, -0.2) is 0 Å². The molecule has 1 heterocycles. The summed E-state index contributed by atoms with van der Waals surface area (Å²) in [6.45, 7) is 2.39. The molecule has 1 fully saturated rings. The molecule has 0 radical (unpaired) electrons. The lowest BCUT2D eigenvalue weighted by atomic mass is 10.1. The number of nitrogens with two attached hydrogens (primary N) is 1. The van der Waals surface area contributed by atoms with Crippen molar-refractivity contribution in [3.8, 4) is 5.75 Å². The molecule has 22 heavy (non-hydrogen) atoms. The van der Waals surface area contributed by atoms with Crippen LogP contribution in [0.5, 0.6) is 5.75 Å². The van der Waals surface area contributed by atoms with Gasteiger partial charge in [-0.1, -0.05) is 31.0 Å². The Morgan fingerprint density at radius 1 is 1.09 bits per heavy atom. The first-order valence-corrected chi connectivity index (χ1v) is 8.49. The van der Waals surface area contributed by atoms with Crippen LogP contribution >= 0.6 is 0 Å². The average Bonchev–Trinajstić information content (AvgIpc) is 2.56. The smallest absolute Gasteiger partial charge is 0.222 e. The van der Waals surface area contributed by atoms with Gasteiger partial charge in [-0.15, -0.1) is 0 Å². The Labute approximate surface area is 133 Å². The highest BCUT2D eigenvalue weighted by Crippen LogP contribution is 2.19. The Balaban J connectivity index is 1.63. The molecule has 1 aromatic carbocycles. The van der Waals surface area contributed by atoms with Gasteiger partial charge in [0.05, 0.1) is 0 Å². The van der Waals surface area contributed by atoms with E-state index in [1.165, 1.54) is 0 Å². The van der Waals surface area contributed by atoms with Gasteiger partial charge in [0.2, 0.25) is 5.91 Å². The number of unbranched alkanes of at least 4 members (excludes halogenated alkanes) is 3. The molecular formula is C18H28N2O2. The number of hydrogen-bond acceptors (Lipinski definition) is 3. The third kappa shape index (κ3) is 5.68. The molecule has 2 N–H and O–H groups in total. The number of amides is 1. The molecule has 2 rings (SSSR count). The molecule has 1 amide bonds. The van der Waals surface area contributed by atoms with Crippen molar-refractivity contribution >= 4 is 5.91 Å². The van der Waals surface area contributed by atoms with Gasteiger partial charge in [0.1, 0.15) is 11.9 Å². The molecule has 1 aromatic rings. The van der Waals surface area contributed by atoms with Crippen molar-refractivity contribution in [3.05, 3.63) is 30.3 Å². The van der Waals surface area contributed by atoms with Crippen molar-refractivity contribution in [2.24, 2.45) is 5.73 Å². The van der Waals surface area contributed by atoms with Gasteiger partial charge in [0.15, 0.2) is 0 Å². The summed E-state index contributed by atoms with van der Waals surface area (Å²) in [5.74, 6) is 1.22. The van der Waals surface area contributed by atoms with E-state index in [0.29, 0.717) is 12.3 Å². The van der Waals surface area contributed by atoms with Crippen molar-refractivity contribution in [2.75, 3.05) is 19.6 Å². The van der Waals surface area contributed by atoms with Crippen molar-refractivity contribution in [1.82, 2.24) is 4.90 Å². The van der Waals surface area contributed by atoms with Gasteiger partial charge >= 0.3 is 0 Å². The molecule has 4 nitrogen and oxygen atoms in total. The van der Waals surface area contributed by atoms with Crippen LogP contribution in [0.4, 0.5) is 0 Å². The SMILES string of the molecule is NCCCCCCC(=O)N1CCC(Oc2ccccc2)CC1. The van der Waals surface area contributed by atoms with Crippen LogP contribution in [-0.4, -0.2) is 36.5 Å². The number of carbonyl (C=O) groups is 1. The van der Waals surface area contributed by atoms with Crippen LogP contribution in [0.1, 0.15) is 44.9 Å². The van der Waals surface area contributed by atoms with Crippen molar-refractivity contribution < 1.29 is 9.53 Å². The minimum absolute atomic E-state index is 0.232. The lowest BCUT2D eigenvalue weighted by Gasteiger charge is -2.32. The molecular weight excluding hydrogens is 276 g/mol. The molecule has 0 aliphatic carbocycles. The van der Waals surface area contributed by atoms with Gasteiger partial charge in [0, 0.05) is 32.4 Å². The summed E-state index contributed by atoms with van der Waals surface area (Å²) in [7, 11) is 0. The van der Waals surface area contributed by atoms with Crippen molar-refractivity contribution in [2.45, 2.75) is 51.0 Å². The maximum Gasteiger partial charge on any atom is 0.222 e. The minimum atomic E-state index is 0.232. The number of carbonyl (C=O) groups excluding carboxylic acids is 1. The number of piperidine rings is 1. The van der Waals surface area contributed by atoms with Crippen LogP contribution < -0.4 is 10.5 Å². The lowest BCUT2D eigenvalue weighted by Crippen LogP contribution is -2.41. The van der Waals surface area contributed by atoms with Gasteiger partial charge in [-0.05, 0) is 31.5 Å². The normalized spacial score (nSPS) is 15.8. The van der Waals surface area contributed by atoms with E-state index < -0.39 is 0 Å². The summed E-state index contributed by atoms with van der Waals surface area (Å²) >= 11 is 0. The zero-order chi connectivity index (χ0) is 15.6. The van der Waals surface area contributed by atoms with Gasteiger partial charge in [0.25, 0.3) is 0 Å². The standard InChI is InChI=1S/C18H28N2O2/c19-13-7-2-1-6-10-18(21)20-14-11-17(12-15-20)22-16-8-4-3-5-9-16/h3-5,8-9,17H,1-2,6-7,10-15,19H2. The van der Waals surface area contributed by atoms with Crippen molar-refractivity contribution in [1.29, 1.82) is 0 Å². The first-order chi connectivity index (χ1) is 10.8. The van der Waals surface area contributed by atoms with Gasteiger partial charge in [-0.3, -0.25) is 4.79 Å². The van der Waals surface area contributed by atoms with Crippen LogP contribution in [0, 0.1) is 0 Å². The molecule has 0 atom stereocenters. The fourth-order valence-electron chi connectivity index (χ4n) is 2.85. The largest absolute Gasteiger partial charge is 0.490 e. The fourth-order valence-corrected chi connectivity index (χ4v) is 2.85. The highest BCUT2D eigenvalue weighted by molar-refractivity contribution is 5.76. The zero-order valence-electron chi connectivity index (χ0n) is 13.4. The third-order valence-corrected chi connectivity index (χ3v) is 4.19. The van der Waals surface area contributed by atoms with Gasteiger partial charge in [-0.2, -0.15) is 0 Å². The van der Waals surface area contributed by atoms with E-state index in [4.69, 9.17) is 10.5 Å². The second kappa shape index (κ2) is 9.46. The number of para-hydroxylation sites is 1. The molecule has 0 saturated carbocycles. The number of likely N-dealkylation sites (tertiary alicyclic amines) is 1. The fraction of sp³-hybridized carbons (Fsp3) is 0.611. The van der Waals surface area contributed by atoms with Crippen LogP contribution in [0.3, 0.4) is 0 Å². The van der Waals surface area contributed by atoms with Gasteiger partial charge < -0.3 is 15.4 Å². The van der Waals surface area contributed by atoms with E-state index in [-0.39, 0.29) is 6.10 Å². The predicted octanol–water partition coefficient (Wildman–Crippen LogP) is 2.97. The Morgan fingerprint density at radius 3 is 2.45 bits per heavy atom. The Hall–Kier alpha value is -1.55. The minimum Gasteiger partial charge on any atom is -0.490 e. The van der Waals surface area contributed by atoms with Crippen molar-refractivity contribution in [3.63, 3.8) is 0 Å². The molecule has 0 bridgehead atoms. The number of hydrogen-bond donors (Lipinski definition) is 1. The van der Waals surface area contributed by atoms with E-state index in [2.05, 4.69) is 0 Å². The summed E-state index contributed by atoms with van der Waals surface area (Å²) in [5, 5.41) is 0. The van der Waals surface area contributed by atoms with Crippen LogP contribution in [0.15, 0.2) is 30.3 Å². The second-order valence-corrected chi connectivity index (χ2v) is 5.96. The highest BCUT2D eigenvalue weighted by Gasteiger charge is 2.23. The Kier molecular flexibility index (Phi) is 7.23. The van der Waals surface area contributed by atoms with E-state index in [9.17, 15) is 4.79 Å². The van der Waals surface area contributed by atoms with E-state index >= 15 is 0 Å². The summed E-state index contributed by atoms with van der Waals surface area (Å²) in [6.07, 6.45) is 7.05. The number of ether oxygens (including phenoxy) is 1.